The lowest BCUT2D eigenvalue weighted by molar-refractivity contribution is 0.0696. The van der Waals surface area contributed by atoms with Gasteiger partial charge < -0.3 is 10.4 Å². The SMILES string of the molecule is CCc1nsc(Nc2ccc(C(=O)O)c(C)c2)n1. The van der Waals surface area contributed by atoms with Gasteiger partial charge >= 0.3 is 5.97 Å². The molecule has 18 heavy (non-hydrogen) atoms. The number of aromatic carboxylic acids is 1. The molecular formula is C12H13N3O2S. The van der Waals surface area contributed by atoms with Crippen LogP contribution in [0, 0.1) is 6.92 Å². The molecule has 0 fully saturated rings. The molecule has 2 N–H and O–H groups in total. The van der Waals surface area contributed by atoms with Gasteiger partial charge in [-0.3, -0.25) is 0 Å². The Balaban J connectivity index is 2.19. The number of hydrogen-bond donors (Lipinski definition) is 2. The Kier molecular flexibility index (Phi) is 3.57. The number of carboxylic acid groups (broad SMARTS) is 1. The summed E-state index contributed by atoms with van der Waals surface area (Å²) in [4.78, 5) is 15.2. The second-order valence-corrected chi connectivity index (χ2v) is 4.58. The van der Waals surface area contributed by atoms with E-state index >= 15 is 0 Å². The van der Waals surface area contributed by atoms with Crippen LogP contribution < -0.4 is 5.32 Å². The second-order valence-electron chi connectivity index (χ2n) is 3.83. The van der Waals surface area contributed by atoms with E-state index in [1.807, 2.05) is 6.92 Å². The van der Waals surface area contributed by atoms with Crippen LogP contribution in [0.25, 0.3) is 0 Å². The predicted molar refractivity (Wildman–Crippen MR) is 70.7 cm³/mol. The maximum absolute atomic E-state index is 10.9. The lowest BCUT2D eigenvalue weighted by atomic mass is 10.1. The smallest absolute Gasteiger partial charge is 0.335 e. The number of nitrogens with zero attached hydrogens (tertiary/aromatic N) is 2. The molecule has 0 saturated carbocycles. The van der Waals surface area contributed by atoms with Crippen LogP contribution in [-0.2, 0) is 6.42 Å². The van der Waals surface area contributed by atoms with Gasteiger partial charge in [0.15, 0.2) is 0 Å². The maximum Gasteiger partial charge on any atom is 0.335 e. The van der Waals surface area contributed by atoms with E-state index in [4.69, 9.17) is 5.11 Å². The average molecular weight is 263 g/mol. The number of aromatic nitrogens is 2. The molecule has 94 valence electrons. The molecule has 0 radical (unpaired) electrons. The van der Waals surface area contributed by atoms with Gasteiger partial charge in [-0.15, -0.1) is 0 Å². The Morgan fingerprint density at radius 1 is 1.50 bits per heavy atom. The van der Waals surface area contributed by atoms with E-state index in [1.165, 1.54) is 11.5 Å². The molecule has 0 bridgehead atoms. The highest BCUT2D eigenvalue weighted by atomic mass is 32.1. The van der Waals surface area contributed by atoms with Crippen molar-refractivity contribution in [3.05, 3.63) is 35.2 Å². The Morgan fingerprint density at radius 2 is 2.28 bits per heavy atom. The molecule has 0 aliphatic heterocycles. The fraction of sp³-hybridized carbons (Fsp3) is 0.250. The molecule has 0 unspecified atom stereocenters. The van der Waals surface area contributed by atoms with Gasteiger partial charge in [-0.1, -0.05) is 6.92 Å². The minimum Gasteiger partial charge on any atom is -0.478 e. The molecule has 0 aliphatic rings. The largest absolute Gasteiger partial charge is 0.478 e. The molecule has 0 spiro atoms. The van der Waals surface area contributed by atoms with Crippen molar-refractivity contribution in [1.82, 2.24) is 9.36 Å². The van der Waals surface area contributed by atoms with Gasteiger partial charge in [0.25, 0.3) is 0 Å². The van der Waals surface area contributed by atoms with Crippen molar-refractivity contribution >= 4 is 28.3 Å². The van der Waals surface area contributed by atoms with Crippen molar-refractivity contribution in [2.45, 2.75) is 20.3 Å². The van der Waals surface area contributed by atoms with Crippen molar-refractivity contribution in [1.29, 1.82) is 0 Å². The van der Waals surface area contributed by atoms with Gasteiger partial charge in [0.05, 0.1) is 5.56 Å². The highest BCUT2D eigenvalue weighted by Gasteiger charge is 2.08. The number of carboxylic acids is 1. The zero-order valence-corrected chi connectivity index (χ0v) is 10.9. The number of aryl methyl sites for hydroxylation is 2. The van der Waals surface area contributed by atoms with E-state index in [1.54, 1.807) is 25.1 Å². The number of carbonyl (C=O) groups is 1. The van der Waals surface area contributed by atoms with Gasteiger partial charge in [-0.05, 0) is 30.7 Å². The lowest BCUT2D eigenvalue weighted by Crippen LogP contribution is -2.00. The third-order valence-corrected chi connectivity index (χ3v) is 3.16. The number of benzene rings is 1. The monoisotopic (exact) mass is 263 g/mol. The average Bonchev–Trinajstić information content (AvgIpc) is 2.76. The van der Waals surface area contributed by atoms with Crippen molar-refractivity contribution in [2.75, 3.05) is 5.32 Å². The third-order valence-electron chi connectivity index (χ3n) is 2.49. The van der Waals surface area contributed by atoms with Crippen LogP contribution in [0.1, 0.15) is 28.7 Å². The Morgan fingerprint density at radius 3 is 2.83 bits per heavy atom. The molecule has 1 aromatic heterocycles. The fourth-order valence-electron chi connectivity index (χ4n) is 1.55. The summed E-state index contributed by atoms with van der Waals surface area (Å²) in [6.07, 6.45) is 0.801. The van der Waals surface area contributed by atoms with E-state index in [-0.39, 0.29) is 0 Å². The Bertz CT molecular complexity index is 580. The Labute approximate surface area is 109 Å². The number of anilines is 2. The van der Waals surface area contributed by atoms with E-state index in [2.05, 4.69) is 14.7 Å². The molecule has 1 heterocycles. The highest BCUT2D eigenvalue weighted by Crippen LogP contribution is 2.21. The molecular weight excluding hydrogens is 250 g/mol. The summed E-state index contributed by atoms with van der Waals surface area (Å²) in [5.41, 5.74) is 1.84. The molecule has 6 heteroatoms. The maximum atomic E-state index is 10.9. The highest BCUT2D eigenvalue weighted by molar-refractivity contribution is 7.09. The standard InChI is InChI=1S/C12H13N3O2S/c1-3-10-14-12(18-15-10)13-8-4-5-9(11(16)17)7(2)6-8/h4-6H,3H2,1-2H3,(H,16,17)(H,13,14,15). The van der Waals surface area contributed by atoms with Crippen LogP contribution >= 0.6 is 11.5 Å². The first-order valence-corrected chi connectivity index (χ1v) is 6.31. The van der Waals surface area contributed by atoms with Gasteiger partial charge in [-0.2, -0.15) is 4.37 Å². The normalized spacial score (nSPS) is 10.3. The summed E-state index contributed by atoms with van der Waals surface area (Å²) < 4.78 is 4.17. The van der Waals surface area contributed by atoms with Crippen LogP contribution in [0.3, 0.4) is 0 Å². The van der Waals surface area contributed by atoms with Crippen LogP contribution in [0.4, 0.5) is 10.8 Å². The van der Waals surface area contributed by atoms with Crippen molar-refractivity contribution in [3.8, 4) is 0 Å². The minimum atomic E-state index is -0.914. The van der Waals surface area contributed by atoms with Gasteiger partial charge in [0.2, 0.25) is 5.13 Å². The number of rotatable bonds is 4. The van der Waals surface area contributed by atoms with E-state index in [0.717, 1.165) is 17.9 Å². The topological polar surface area (TPSA) is 75.1 Å². The lowest BCUT2D eigenvalue weighted by Gasteiger charge is -2.05. The first-order chi connectivity index (χ1) is 8.60. The summed E-state index contributed by atoms with van der Waals surface area (Å²) >= 11 is 1.30. The van der Waals surface area contributed by atoms with Gasteiger partial charge in [-0.25, -0.2) is 9.78 Å². The van der Waals surface area contributed by atoms with E-state index in [9.17, 15) is 4.79 Å². The van der Waals surface area contributed by atoms with Gasteiger partial charge in [0, 0.05) is 23.6 Å². The third kappa shape index (κ3) is 2.65. The summed E-state index contributed by atoms with van der Waals surface area (Å²) in [5, 5.41) is 12.8. The Hall–Kier alpha value is -1.95. The van der Waals surface area contributed by atoms with Crippen molar-refractivity contribution in [2.24, 2.45) is 0 Å². The van der Waals surface area contributed by atoms with Crippen LogP contribution in [0.5, 0.6) is 0 Å². The summed E-state index contributed by atoms with van der Waals surface area (Å²) in [6.45, 7) is 3.77. The first kappa shape index (κ1) is 12.5. The minimum absolute atomic E-state index is 0.312. The molecule has 0 atom stereocenters. The molecule has 0 aliphatic carbocycles. The van der Waals surface area contributed by atoms with Crippen molar-refractivity contribution in [3.63, 3.8) is 0 Å². The number of nitrogens with one attached hydrogen (secondary N) is 1. The number of hydrogen-bond acceptors (Lipinski definition) is 5. The molecule has 1 aromatic carbocycles. The second kappa shape index (κ2) is 5.14. The summed E-state index contributed by atoms with van der Waals surface area (Å²) in [7, 11) is 0. The molecule has 5 nitrogen and oxygen atoms in total. The molecule has 2 aromatic rings. The van der Waals surface area contributed by atoms with Crippen LogP contribution in [0.2, 0.25) is 0 Å². The van der Waals surface area contributed by atoms with Crippen molar-refractivity contribution < 1.29 is 9.90 Å². The predicted octanol–water partition coefficient (Wildman–Crippen LogP) is 2.85. The first-order valence-electron chi connectivity index (χ1n) is 5.53. The van der Waals surface area contributed by atoms with Crippen LogP contribution in [0.15, 0.2) is 18.2 Å². The van der Waals surface area contributed by atoms with E-state index in [0.29, 0.717) is 16.3 Å². The molecule has 2 rings (SSSR count). The molecule has 0 amide bonds. The zero-order chi connectivity index (χ0) is 13.1. The van der Waals surface area contributed by atoms with Gasteiger partial charge in [0.1, 0.15) is 5.82 Å². The molecule has 0 saturated heterocycles. The van der Waals surface area contributed by atoms with Crippen LogP contribution in [-0.4, -0.2) is 20.4 Å². The fourth-order valence-corrected chi connectivity index (χ4v) is 2.22. The zero-order valence-electron chi connectivity index (χ0n) is 10.1. The summed E-state index contributed by atoms with van der Waals surface area (Å²) in [6, 6.07) is 5.10. The summed E-state index contributed by atoms with van der Waals surface area (Å²) in [5.74, 6) is -0.107. The van der Waals surface area contributed by atoms with E-state index < -0.39 is 5.97 Å². The quantitative estimate of drug-likeness (QED) is 0.887.